The van der Waals surface area contributed by atoms with Crippen LogP contribution in [-0.4, -0.2) is 16.9 Å². The van der Waals surface area contributed by atoms with Crippen molar-refractivity contribution in [1.82, 2.24) is 10.3 Å². The van der Waals surface area contributed by atoms with E-state index in [0.717, 1.165) is 12.5 Å². The Kier molecular flexibility index (Phi) is 4.45. The highest BCUT2D eigenvalue weighted by Gasteiger charge is 2.11. The van der Waals surface area contributed by atoms with E-state index in [4.69, 9.17) is 0 Å². The monoisotopic (exact) mass is 272 g/mol. The fourth-order valence-electron chi connectivity index (χ4n) is 2.07. The molecule has 2 rings (SSSR count). The Morgan fingerprint density at radius 2 is 2.10 bits per heavy atom. The van der Waals surface area contributed by atoms with Gasteiger partial charge in [-0.25, -0.2) is 4.98 Å². The van der Waals surface area contributed by atoms with Gasteiger partial charge < -0.3 is 5.32 Å². The summed E-state index contributed by atoms with van der Waals surface area (Å²) < 4.78 is 13.0. The zero-order valence-corrected chi connectivity index (χ0v) is 11.6. The van der Waals surface area contributed by atoms with E-state index >= 15 is 0 Å². The Balaban J connectivity index is 2.00. The molecule has 20 heavy (non-hydrogen) atoms. The zero-order valence-electron chi connectivity index (χ0n) is 11.6. The smallest absolute Gasteiger partial charge is 0.251 e. The van der Waals surface area contributed by atoms with Crippen LogP contribution in [-0.2, 0) is 6.42 Å². The quantitative estimate of drug-likeness (QED) is 0.870. The van der Waals surface area contributed by atoms with Crippen molar-refractivity contribution in [3.63, 3.8) is 0 Å². The van der Waals surface area contributed by atoms with Crippen LogP contribution in [0, 0.1) is 12.9 Å². The minimum Gasteiger partial charge on any atom is -0.349 e. The Hall–Kier alpha value is -2.23. The van der Waals surface area contributed by atoms with Gasteiger partial charge in [0.1, 0.15) is 0 Å². The molecule has 0 radical (unpaired) electrons. The number of carbonyl (C=O) groups is 1. The molecular formula is C16H17FN2O. The fraction of sp³-hybridized carbons (Fsp3) is 0.250. The predicted octanol–water partition coefficient (Wildman–Crippen LogP) is 2.89. The summed E-state index contributed by atoms with van der Waals surface area (Å²) in [6.45, 7) is 3.98. The topological polar surface area (TPSA) is 42.0 Å². The second kappa shape index (κ2) is 6.28. The number of hydrogen-bond acceptors (Lipinski definition) is 2. The molecule has 0 spiro atoms. The second-order valence-corrected chi connectivity index (χ2v) is 4.87. The maximum absolute atomic E-state index is 13.0. The molecule has 0 saturated heterocycles. The van der Waals surface area contributed by atoms with Crippen molar-refractivity contribution < 1.29 is 9.18 Å². The van der Waals surface area contributed by atoms with Gasteiger partial charge in [0.2, 0.25) is 5.95 Å². The zero-order chi connectivity index (χ0) is 14.5. The number of halogens is 1. The summed E-state index contributed by atoms with van der Waals surface area (Å²) in [6.07, 6.45) is 2.03. The summed E-state index contributed by atoms with van der Waals surface area (Å²) >= 11 is 0. The van der Waals surface area contributed by atoms with E-state index < -0.39 is 5.95 Å². The van der Waals surface area contributed by atoms with E-state index in [-0.39, 0.29) is 17.5 Å². The lowest BCUT2D eigenvalue weighted by molar-refractivity contribution is 0.0939. The van der Waals surface area contributed by atoms with Crippen molar-refractivity contribution in [2.75, 3.05) is 0 Å². The molecule has 0 bridgehead atoms. The number of nitrogens with one attached hydrogen (secondary N) is 1. The van der Waals surface area contributed by atoms with Crippen LogP contribution < -0.4 is 5.32 Å². The predicted molar refractivity (Wildman–Crippen MR) is 76.0 cm³/mol. The molecule has 0 fully saturated rings. The van der Waals surface area contributed by atoms with Crippen LogP contribution in [0.5, 0.6) is 0 Å². The number of carbonyl (C=O) groups excluding carboxylic acids is 1. The Bertz CT molecular complexity index is 613. The Morgan fingerprint density at radius 1 is 1.35 bits per heavy atom. The summed E-state index contributed by atoms with van der Waals surface area (Å²) in [7, 11) is 0. The number of benzene rings is 1. The van der Waals surface area contributed by atoms with Gasteiger partial charge in [-0.3, -0.25) is 4.79 Å². The minimum absolute atomic E-state index is 0.0279. The maximum Gasteiger partial charge on any atom is 0.251 e. The summed E-state index contributed by atoms with van der Waals surface area (Å²) in [5, 5.41) is 2.87. The van der Waals surface area contributed by atoms with Crippen LogP contribution in [0.1, 0.15) is 28.4 Å². The van der Waals surface area contributed by atoms with Gasteiger partial charge in [0.05, 0.1) is 0 Å². The normalized spacial score (nSPS) is 11.9. The van der Waals surface area contributed by atoms with Gasteiger partial charge in [-0.05, 0) is 37.5 Å². The fourth-order valence-corrected chi connectivity index (χ4v) is 2.07. The molecule has 0 aliphatic carbocycles. The van der Waals surface area contributed by atoms with Crippen LogP contribution in [0.15, 0.2) is 42.6 Å². The van der Waals surface area contributed by atoms with Crippen molar-refractivity contribution in [2.24, 2.45) is 0 Å². The van der Waals surface area contributed by atoms with E-state index in [0.29, 0.717) is 0 Å². The first kappa shape index (κ1) is 14.2. The molecule has 1 N–H and O–H groups in total. The third-order valence-corrected chi connectivity index (χ3v) is 3.15. The van der Waals surface area contributed by atoms with E-state index in [1.54, 1.807) is 0 Å². The van der Waals surface area contributed by atoms with Crippen molar-refractivity contribution in [3.05, 3.63) is 65.2 Å². The Morgan fingerprint density at radius 3 is 2.80 bits per heavy atom. The number of nitrogens with zero attached hydrogens (tertiary/aromatic N) is 1. The SMILES string of the molecule is Cc1ccccc1CC(C)NC(=O)c1ccnc(F)c1. The number of aryl methyl sites for hydroxylation is 1. The molecule has 1 aromatic carbocycles. The number of aromatic nitrogens is 1. The van der Waals surface area contributed by atoms with Crippen LogP contribution in [0.3, 0.4) is 0 Å². The highest BCUT2D eigenvalue weighted by molar-refractivity contribution is 5.94. The van der Waals surface area contributed by atoms with E-state index in [9.17, 15) is 9.18 Å². The molecule has 1 aromatic heterocycles. The molecule has 0 aliphatic rings. The minimum atomic E-state index is -0.649. The van der Waals surface area contributed by atoms with Crippen molar-refractivity contribution in [3.8, 4) is 0 Å². The van der Waals surface area contributed by atoms with E-state index in [2.05, 4.69) is 10.3 Å². The third kappa shape index (κ3) is 3.63. The molecule has 0 saturated carbocycles. The van der Waals surface area contributed by atoms with Gasteiger partial charge in [0, 0.05) is 23.9 Å². The molecule has 2 aromatic rings. The number of pyridine rings is 1. The number of amides is 1. The molecule has 1 unspecified atom stereocenters. The number of hydrogen-bond donors (Lipinski definition) is 1. The molecule has 1 atom stereocenters. The standard InChI is InChI=1S/C16H17FN2O/c1-11-5-3-4-6-13(11)9-12(2)19-16(20)14-7-8-18-15(17)10-14/h3-8,10,12H,9H2,1-2H3,(H,19,20). The van der Waals surface area contributed by atoms with Crippen LogP contribution in [0.4, 0.5) is 4.39 Å². The van der Waals surface area contributed by atoms with Gasteiger partial charge in [-0.15, -0.1) is 0 Å². The largest absolute Gasteiger partial charge is 0.349 e. The highest BCUT2D eigenvalue weighted by Crippen LogP contribution is 2.10. The summed E-state index contributed by atoms with van der Waals surface area (Å²) in [5.74, 6) is -0.934. The van der Waals surface area contributed by atoms with Gasteiger partial charge in [0.25, 0.3) is 5.91 Å². The Labute approximate surface area is 117 Å². The first-order valence-corrected chi connectivity index (χ1v) is 6.53. The van der Waals surface area contributed by atoms with Gasteiger partial charge in [0.15, 0.2) is 0 Å². The van der Waals surface area contributed by atoms with Crippen molar-refractivity contribution in [2.45, 2.75) is 26.3 Å². The molecular weight excluding hydrogens is 255 g/mol. The highest BCUT2D eigenvalue weighted by atomic mass is 19.1. The molecule has 4 heteroatoms. The second-order valence-electron chi connectivity index (χ2n) is 4.87. The first-order chi connectivity index (χ1) is 9.56. The average Bonchev–Trinajstić information content (AvgIpc) is 2.41. The van der Waals surface area contributed by atoms with Crippen molar-refractivity contribution >= 4 is 5.91 Å². The average molecular weight is 272 g/mol. The molecule has 104 valence electrons. The lowest BCUT2D eigenvalue weighted by atomic mass is 10.0. The first-order valence-electron chi connectivity index (χ1n) is 6.53. The summed E-state index contributed by atoms with van der Waals surface area (Å²) in [5.41, 5.74) is 2.68. The lowest BCUT2D eigenvalue weighted by Gasteiger charge is -2.15. The summed E-state index contributed by atoms with van der Waals surface area (Å²) in [4.78, 5) is 15.4. The lowest BCUT2D eigenvalue weighted by Crippen LogP contribution is -2.34. The van der Waals surface area contributed by atoms with Gasteiger partial charge in [-0.2, -0.15) is 4.39 Å². The van der Waals surface area contributed by atoms with Crippen LogP contribution >= 0.6 is 0 Å². The van der Waals surface area contributed by atoms with Crippen LogP contribution in [0.25, 0.3) is 0 Å². The molecule has 1 heterocycles. The number of rotatable bonds is 4. The molecule has 0 aliphatic heterocycles. The molecule has 3 nitrogen and oxygen atoms in total. The van der Waals surface area contributed by atoms with E-state index in [1.807, 2.05) is 38.1 Å². The summed E-state index contributed by atoms with van der Waals surface area (Å²) in [6, 6.07) is 10.7. The van der Waals surface area contributed by atoms with Gasteiger partial charge >= 0.3 is 0 Å². The van der Waals surface area contributed by atoms with Crippen molar-refractivity contribution in [1.29, 1.82) is 0 Å². The van der Waals surface area contributed by atoms with Crippen LogP contribution in [0.2, 0.25) is 0 Å². The van der Waals surface area contributed by atoms with Gasteiger partial charge in [-0.1, -0.05) is 24.3 Å². The molecule has 1 amide bonds. The van der Waals surface area contributed by atoms with E-state index in [1.165, 1.54) is 23.4 Å². The maximum atomic E-state index is 13.0. The third-order valence-electron chi connectivity index (χ3n) is 3.15.